The van der Waals surface area contributed by atoms with Crippen molar-refractivity contribution in [3.8, 4) is 0 Å². The van der Waals surface area contributed by atoms with E-state index in [4.69, 9.17) is 31.3 Å². The molecule has 2 aromatic carbocycles. The van der Waals surface area contributed by atoms with Crippen LogP contribution >= 0.6 is 11.6 Å². The van der Waals surface area contributed by atoms with Crippen molar-refractivity contribution in [2.75, 3.05) is 13.2 Å². The highest BCUT2D eigenvalue weighted by molar-refractivity contribution is 6.17. The zero-order valence-electron chi connectivity index (χ0n) is 23.1. The number of hydrogen-bond donors (Lipinski definition) is 10. The van der Waals surface area contributed by atoms with Gasteiger partial charge in [0, 0.05) is 17.0 Å². The molecule has 2 amide bonds. The quantitative estimate of drug-likeness (QED) is 0.143. The average molecular weight is 629 g/mol. The van der Waals surface area contributed by atoms with E-state index >= 15 is 0 Å². The first kappa shape index (κ1) is 34.8. The first-order valence-corrected chi connectivity index (χ1v) is 13.9. The fraction of sp³-hybridized carbons (Fsp3) is 0.500. The number of rotatable bonds is 7. The summed E-state index contributed by atoms with van der Waals surface area (Å²) in [6.07, 6.45) is -11.0. The van der Waals surface area contributed by atoms with E-state index in [1.54, 1.807) is 42.5 Å². The van der Waals surface area contributed by atoms with Crippen molar-refractivity contribution in [2.24, 2.45) is 0 Å². The van der Waals surface area contributed by atoms with Crippen molar-refractivity contribution >= 4 is 23.4 Å². The van der Waals surface area contributed by atoms with Gasteiger partial charge in [0.15, 0.2) is 12.6 Å². The van der Waals surface area contributed by atoms with Crippen LogP contribution in [0.15, 0.2) is 48.5 Å². The molecule has 0 bridgehead atoms. The van der Waals surface area contributed by atoms with Crippen molar-refractivity contribution in [1.82, 2.24) is 10.6 Å². The molecule has 0 radical (unpaired) electrons. The fourth-order valence-electron chi connectivity index (χ4n) is 4.51. The van der Waals surface area contributed by atoms with E-state index < -0.39 is 86.3 Å². The summed E-state index contributed by atoms with van der Waals surface area (Å²) < 4.78 is 9.94. The molecule has 14 nitrogen and oxygen atoms in total. The number of aliphatic hydroxyl groups excluding tert-OH is 8. The maximum atomic E-state index is 12.1. The van der Waals surface area contributed by atoms with Crippen LogP contribution in [0.1, 0.15) is 31.8 Å². The zero-order valence-corrected chi connectivity index (χ0v) is 23.9. The predicted octanol–water partition coefficient (Wildman–Crippen LogP) is -2.52. The smallest absolute Gasteiger partial charge is 0.251 e. The van der Waals surface area contributed by atoms with Crippen molar-refractivity contribution in [3.05, 3.63) is 70.8 Å². The summed E-state index contributed by atoms with van der Waals surface area (Å²) in [5.41, 5.74) is 2.42. The fourth-order valence-corrected chi connectivity index (χ4v) is 4.69. The molecule has 2 saturated heterocycles. The largest absolute Gasteiger partial charge is 0.394 e. The minimum Gasteiger partial charge on any atom is -0.394 e. The molecule has 0 spiro atoms. The Labute approximate surface area is 252 Å². The van der Waals surface area contributed by atoms with E-state index in [-0.39, 0.29) is 0 Å². The van der Waals surface area contributed by atoms with Gasteiger partial charge in [-0.25, -0.2) is 0 Å². The van der Waals surface area contributed by atoms with Gasteiger partial charge in [0.2, 0.25) is 0 Å². The summed E-state index contributed by atoms with van der Waals surface area (Å²) in [7, 11) is 0. The predicted molar refractivity (Wildman–Crippen MR) is 150 cm³/mol. The highest BCUT2D eigenvalue weighted by atomic mass is 35.5. The van der Waals surface area contributed by atoms with Gasteiger partial charge in [0.25, 0.3) is 11.8 Å². The Hall–Kier alpha value is -2.73. The molecular weight excluding hydrogens is 592 g/mol. The van der Waals surface area contributed by atoms with Gasteiger partial charge >= 0.3 is 0 Å². The Bertz CT molecular complexity index is 1200. The van der Waals surface area contributed by atoms with Crippen LogP contribution in [0.5, 0.6) is 0 Å². The highest BCUT2D eigenvalue weighted by Crippen LogP contribution is 2.21. The minimum absolute atomic E-state index is 0.312. The second-order valence-corrected chi connectivity index (χ2v) is 10.4. The third kappa shape index (κ3) is 8.68. The Morgan fingerprint density at radius 1 is 0.721 bits per heavy atom. The lowest BCUT2D eigenvalue weighted by Crippen LogP contribution is -2.64. The molecular formula is C28H37ClN2O12. The molecule has 43 heavy (non-hydrogen) atoms. The van der Waals surface area contributed by atoms with Gasteiger partial charge < -0.3 is 61.0 Å². The second-order valence-electron chi connectivity index (χ2n) is 10.2. The summed E-state index contributed by atoms with van der Waals surface area (Å²) in [5, 5.41) is 81.8. The summed E-state index contributed by atoms with van der Waals surface area (Å²) in [5.74, 6) is -0.715. The standard InChI is InChI=1S/C14H18ClNO6.C14H19NO6/c15-5-7-1-3-8(4-2-7)13(20)16-10-12(19)11(18)9(6-17)22-14(10)21;1-7-3-2-4-8(5-7)13(19)15-10-12(18)11(17)9(6-16)21-14(10)20/h1-4,9-12,14,17-19,21H,5-6H2,(H,16,20);2-5,9-12,14,16-18,20H,6H2,1H3,(H,15,19). The Morgan fingerprint density at radius 2 is 1.19 bits per heavy atom. The van der Waals surface area contributed by atoms with E-state index in [1.165, 1.54) is 0 Å². The number of carbonyl (C=O) groups is 2. The molecule has 2 fully saturated rings. The lowest BCUT2D eigenvalue weighted by atomic mass is 9.96. The van der Waals surface area contributed by atoms with Crippen molar-refractivity contribution in [3.63, 3.8) is 0 Å². The first-order valence-electron chi connectivity index (χ1n) is 13.4. The van der Waals surface area contributed by atoms with E-state index in [0.717, 1.165) is 11.1 Å². The van der Waals surface area contributed by atoms with Gasteiger partial charge in [0.1, 0.15) is 48.7 Å². The van der Waals surface area contributed by atoms with Gasteiger partial charge in [-0.3, -0.25) is 9.59 Å². The number of ether oxygens (including phenoxy) is 2. The van der Waals surface area contributed by atoms with E-state index in [9.17, 15) is 40.2 Å². The molecule has 2 aromatic rings. The van der Waals surface area contributed by atoms with Gasteiger partial charge in [-0.15, -0.1) is 11.6 Å². The van der Waals surface area contributed by atoms with Crippen LogP contribution in [0, 0.1) is 6.92 Å². The van der Waals surface area contributed by atoms with Crippen LogP contribution in [-0.2, 0) is 15.4 Å². The summed E-state index contributed by atoms with van der Waals surface area (Å²) in [6.45, 7) is 0.726. The van der Waals surface area contributed by atoms with Gasteiger partial charge in [-0.05, 0) is 36.8 Å². The molecule has 2 aliphatic rings. The molecule has 0 aliphatic carbocycles. The van der Waals surface area contributed by atoms with E-state index in [2.05, 4.69) is 10.6 Å². The van der Waals surface area contributed by atoms with Crippen LogP contribution in [-0.4, -0.2) is 127 Å². The molecule has 10 N–H and O–H groups in total. The molecule has 238 valence electrons. The number of aliphatic hydroxyl groups is 8. The number of benzene rings is 2. The number of alkyl halides is 1. The molecule has 2 heterocycles. The minimum atomic E-state index is -1.54. The molecule has 2 aliphatic heterocycles. The molecule has 10 unspecified atom stereocenters. The van der Waals surface area contributed by atoms with Crippen LogP contribution in [0.25, 0.3) is 0 Å². The molecule has 10 atom stereocenters. The lowest BCUT2D eigenvalue weighted by molar-refractivity contribution is -0.252. The number of hydrogen-bond acceptors (Lipinski definition) is 12. The lowest BCUT2D eigenvalue weighted by Gasteiger charge is -2.40. The van der Waals surface area contributed by atoms with E-state index in [1.807, 2.05) is 13.0 Å². The normalized spacial score (nSPS) is 32.2. The third-order valence-corrected chi connectivity index (χ3v) is 7.36. The Morgan fingerprint density at radius 3 is 1.60 bits per heavy atom. The summed E-state index contributed by atoms with van der Waals surface area (Å²) >= 11 is 5.66. The number of aryl methyl sites for hydroxylation is 1. The van der Waals surface area contributed by atoms with E-state index in [0.29, 0.717) is 17.0 Å². The number of halogens is 1. The highest BCUT2D eigenvalue weighted by Gasteiger charge is 2.45. The Balaban J connectivity index is 0.000000236. The number of nitrogens with one attached hydrogen (secondary N) is 2. The van der Waals surface area contributed by atoms with Gasteiger partial charge in [0.05, 0.1) is 13.2 Å². The van der Waals surface area contributed by atoms with Crippen molar-refractivity contribution in [1.29, 1.82) is 0 Å². The van der Waals surface area contributed by atoms with Crippen LogP contribution in [0.2, 0.25) is 0 Å². The zero-order chi connectivity index (χ0) is 31.8. The number of carbonyl (C=O) groups excluding carboxylic acids is 2. The van der Waals surface area contributed by atoms with Crippen LogP contribution < -0.4 is 10.6 Å². The summed E-state index contributed by atoms with van der Waals surface area (Å²) in [6, 6.07) is 10.9. The molecule has 4 rings (SSSR count). The van der Waals surface area contributed by atoms with Crippen molar-refractivity contribution < 1.29 is 59.9 Å². The summed E-state index contributed by atoms with van der Waals surface area (Å²) in [4.78, 5) is 24.2. The topological polar surface area (TPSA) is 238 Å². The molecule has 15 heteroatoms. The SMILES string of the molecule is Cc1cccc(C(=O)NC2C(O)OC(CO)C(O)C2O)c1.O=C(NC1C(O)OC(CO)C(O)C1O)c1ccc(CCl)cc1. The molecule has 0 aromatic heterocycles. The van der Waals surface area contributed by atoms with Gasteiger partial charge in [-0.2, -0.15) is 0 Å². The van der Waals surface area contributed by atoms with Gasteiger partial charge in [-0.1, -0.05) is 29.8 Å². The third-order valence-electron chi connectivity index (χ3n) is 7.05. The maximum Gasteiger partial charge on any atom is 0.251 e. The second kappa shape index (κ2) is 15.8. The number of amides is 2. The first-order chi connectivity index (χ1) is 20.4. The van der Waals surface area contributed by atoms with Crippen LogP contribution in [0.4, 0.5) is 0 Å². The monoisotopic (exact) mass is 628 g/mol. The van der Waals surface area contributed by atoms with Crippen molar-refractivity contribution in [2.45, 2.75) is 74.1 Å². The Kier molecular flexibility index (Phi) is 12.8. The average Bonchev–Trinajstić information content (AvgIpc) is 3.01. The van der Waals surface area contributed by atoms with Crippen LogP contribution in [0.3, 0.4) is 0 Å². The maximum absolute atomic E-state index is 12.1. The molecule has 0 saturated carbocycles.